The number of carboxylic acids is 1. The van der Waals surface area contributed by atoms with Crippen LogP contribution in [0.3, 0.4) is 0 Å². The molecular formula is C16H22O3. The van der Waals surface area contributed by atoms with Gasteiger partial charge in [-0.2, -0.15) is 0 Å². The molecule has 2 rings (SSSR count). The Morgan fingerprint density at radius 1 is 1.42 bits per heavy atom. The molecule has 104 valence electrons. The first-order chi connectivity index (χ1) is 8.99. The van der Waals surface area contributed by atoms with Gasteiger partial charge in [-0.1, -0.05) is 24.1 Å². The van der Waals surface area contributed by atoms with Crippen LogP contribution in [0, 0.1) is 19.8 Å². The molecule has 1 aliphatic carbocycles. The number of ether oxygens (including phenoxy) is 1. The van der Waals surface area contributed by atoms with Crippen LogP contribution in [0.1, 0.15) is 48.8 Å². The van der Waals surface area contributed by atoms with Crippen LogP contribution in [0.5, 0.6) is 5.75 Å². The van der Waals surface area contributed by atoms with Crippen LogP contribution in [0.25, 0.3) is 0 Å². The number of carbonyl (C=O) groups is 1. The van der Waals surface area contributed by atoms with Gasteiger partial charge in [-0.25, -0.2) is 0 Å². The summed E-state index contributed by atoms with van der Waals surface area (Å²) in [5.74, 6) is 0.0783. The van der Waals surface area contributed by atoms with Gasteiger partial charge in [0.05, 0.1) is 12.5 Å². The van der Waals surface area contributed by atoms with E-state index in [1.807, 2.05) is 26.0 Å². The number of benzene rings is 1. The Kier molecular flexibility index (Phi) is 4.13. The second-order valence-corrected chi connectivity index (χ2v) is 5.67. The smallest absolute Gasteiger partial charge is 0.310 e. The zero-order valence-corrected chi connectivity index (χ0v) is 11.9. The molecule has 1 aliphatic rings. The number of hydrogen-bond donors (Lipinski definition) is 1. The Morgan fingerprint density at radius 2 is 2.11 bits per heavy atom. The SMILES string of the molecule is Cc1cc(C)c(OCC2CCC2)c(C(C)C(=O)O)c1. The third-order valence-electron chi connectivity index (χ3n) is 3.97. The summed E-state index contributed by atoms with van der Waals surface area (Å²) in [7, 11) is 0. The summed E-state index contributed by atoms with van der Waals surface area (Å²) in [6, 6.07) is 3.98. The zero-order valence-electron chi connectivity index (χ0n) is 11.9. The Morgan fingerprint density at radius 3 is 2.63 bits per heavy atom. The summed E-state index contributed by atoms with van der Waals surface area (Å²) in [4.78, 5) is 11.2. The predicted molar refractivity (Wildman–Crippen MR) is 74.8 cm³/mol. The van der Waals surface area contributed by atoms with Gasteiger partial charge in [-0.3, -0.25) is 4.79 Å². The van der Waals surface area contributed by atoms with E-state index in [2.05, 4.69) is 0 Å². The maximum atomic E-state index is 11.2. The monoisotopic (exact) mass is 262 g/mol. The molecule has 0 aromatic heterocycles. The predicted octanol–water partition coefficient (Wildman–Crippen LogP) is 3.67. The van der Waals surface area contributed by atoms with Gasteiger partial charge in [0, 0.05) is 5.56 Å². The maximum Gasteiger partial charge on any atom is 0.310 e. The minimum atomic E-state index is -0.807. The minimum Gasteiger partial charge on any atom is -0.493 e. The van der Waals surface area contributed by atoms with Crippen molar-refractivity contribution in [2.75, 3.05) is 6.61 Å². The van der Waals surface area contributed by atoms with E-state index in [0.717, 1.165) is 22.4 Å². The first-order valence-corrected chi connectivity index (χ1v) is 6.95. The van der Waals surface area contributed by atoms with E-state index >= 15 is 0 Å². The lowest BCUT2D eigenvalue weighted by atomic mass is 9.86. The topological polar surface area (TPSA) is 46.5 Å². The van der Waals surface area contributed by atoms with Gasteiger partial charge in [0.1, 0.15) is 5.75 Å². The average Bonchev–Trinajstić information content (AvgIpc) is 2.27. The lowest BCUT2D eigenvalue weighted by molar-refractivity contribution is -0.138. The van der Waals surface area contributed by atoms with Crippen molar-refractivity contribution >= 4 is 5.97 Å². The van der Waals surface area contributed by atoms with Gasteiger partial charge in [0.25, 0.3) is 0 Å². The van der Waals surface area contributed by atoms with Crippen molar-refractivity contribution in [3.8, 4) is 5.75 Å². The highest BCUT2D eigenvalue weighted by Crippen LogP contribution is 2.34. The van der Waals surface area contributed by atoms with Crippen molar-refractivity contribution in [3.63, 3.8) is 0 Å². The molecule has 1 aromatic carbocycles. The van der Waals surface area contributed by atoms with Crippen LogP contribution < -0.4 is 4.74 Å². The second-order valence-electron chi connectivity index (χ2n) is 5.67. The molecular weight excluding hydrogens is 240 g/mol. The standard InChI is InChI=1S/C16H22O3/c1-10-7-11(2)15(19-9-13-5-4-6-13)14(8-10)12(3)16(17)18/h7-8,12-13H,4-6,9H2,1-3H3,(H,17,18). The summed E-state index contributed by atoms with van der Waals surface area (Å²) in [6.45, 7) is 6.40. The Hall–Kier alpha value is -1.51. The number of aliphatic carboxylic acids is 1. The lowest BCUT2D eigenvalue weighted by Crippen LogP contribution is -2.20. The van der Waals surface area contributed by atoms with E-state index in [9.17, 15) is 9.90 Å². The molecule has 1 aromatic rings. The molecule has 0 amide bonds. The fraction of sp³-hybridized carbons (Fsp3) is 0.562. The summed E-state index contributed by atoms with van der Waals surface area (Å²) >= 11 is 0. The van der Waals surface area contributed by atoms with Crippen LogP contribution >= 0.6 is 0 Å². The molecule has 0 spiro atoms. The van der Waals surface area contributed by atoms with Crippen molar-refractivity contribution in [1.29, 1.82) is 0 Å². The summed E-state index contributed by atoms with van der Waals surface area (Å²) in [5.41, 5.74) is 2.91. The fourth-order valence-electron chi connectivity index (χ4n) is 2.50. The highest BCUT2D eigenvalue weighted by molar-refractivity contribution is 5.77. The number of aryl methyl sites for hydroxylation is 2. The van der Waals surface area contributed by atoms with Crippen LogP contribution in [0.4, 0.5) is 0 Å². The van der Waals surface area contributed by atoms with Crippen LogP contribution in [-0.4, -0.2) is 17.7 Å². The average molecular weight is 262 g/mol. The normalized spacial score (nSPS) is 16.8. The van der Waals surface area contributed by atoms with Crippen molar-refractivity contribution < 1.29 is 14.6 Å². The molecule has 1 N–H and O–H groups in total. The molecule has 1 unspecified atom stereocenters. The van der Waals surface area contributed by atoms with Gasteiger partial charge >= 0.3 is 5.97 Å². The lowest BCUT2D eigenvalue weighted by Gasteiger charge is -2.27. The maximum absolute atomic E-state index is 11.2. The Bertz CT molecular complexity index is 475. The second kappa shape index (κ2) is 5.64. The van der Waals surface area contributed by atoms with Gasteiger partial charge in [-0.05, 0) is 45.1 Å². The zero-order chi connectivity index (χ0) is 14.0. The molecule has 0 aliphatic heterocycles. The van der Waals surface area contributed by atoms with Crippen LogP contribution in [0.2, 0.25) is 0 Å². The van der Waals surface area contributed by atoms with Gasteiger partial charge < -0.3 is 9.84 Å². The number of rotatable bonds is 5. The first-order valence-electron chi connectivity index (χ1n) is 6.95. The molecule has 0 bridgehead atoms. The molecule has 3 heteroatoms. The van der Waals surface area contributed by atoms with Crippen molar-refractivity contribution in [1.82, 2.24) is 0 Å². The molecule has 3 nitrogen and oxygen atoms in total. The third kappa shape index (κ3) is 3.09. The minimum absolute atomic E-state index is 0.532. The molecule has 0 saturated heterocycles. The van der Waals surface area contributed by atoms with E-state index in [4.69, 9.17) is 4.74 Å². The summed E-state index contributed by atoms with van der Waals surface area (Å²) in [6.07, 6.45) is 3.75. The molecule has 19 heavy (non-hydrogen) atoms. The molecule has 1 atom stereocenters. The number of hydrogen-bond acceptors (Lipinski definition) is 2. The van der Waals surface area contributed by atoms with Crippen molar-refractivity contribution in [2.24, 2.45) is 5.92 Å². The highest BCUT2D eigenvalue weighted by atomic mass is 16.5. The van der Waals surface area contributed by atoms with Crippen molar-refractivity contribution in [2.45, 2.75) is 46.0 Å². The quantitative estimate of drug-likeness (QED) is 0.880. The van der Waals surface area contributed by atoms with E-state index < -0.39 is 11.9 Å². The van der Waals surface area contributed by atoms with Crippen molar-refractivity contribution in [3.05, 3.63) is 28.8 Å². The van der Waals surface area contributed by atoms with Gasteiger partial charge in [0.2, 0.25) is 0 Å². The number of carboxylic acid groups (broad SMARTS) is 1. The van der Waals surface area contributed by atoms with E-state index in [1.54, 1.807) is 6.92 Å². The fourth-order valence-corrected chi connectivity index (χ4v) is 2.50. The van der Waals surface area contributed by atoms with E-state index in [-0.39, 0.29) is 0 Å². The molecule has 0 radical (unpaired) electrons. The van der Waals surface area contributed by atoms with Gasteiger partial charge in [0.15, 0.2) is 0 Å². The highest BCUT2D eigenvalue weighted by Gasteiger charge is 2.23. The van der Waals surface area contributed by atoms with E-state index in [1.165, 1.54) is 19.3 Å². The van der Waals surface area contributed by atoms with E-state index in [0.29, 0.717) is 12.5 Å². The Balaban J connectivity index is 2.24. The van der Waals surface area contributed by atoms with Crippen LogP contribution in [0.15, 0.2) is 12.1 Å². The Labute approximate surface area is 114 Å². The molecule has 0 heterocycles. The largest absolute Gasteiger partial charge is 0.493 e. The third-order valence-corrected chi connectivity index (χ3v) is 3.97. The first kappa shape index (κ1) is 13.9. The summed E-state index contributed by atoms with van der Waals surface area (Å²) in [5, 5.41) is 9.22. The van der Waals surface area contributed by atoms with Crippen LogP contribution in [-0.2, 0) is 4.79 Å². The van der Waals surface area contributed by atoms with Gasteiger partial charge in [-0.15, -0.1) is 0 Å². The summed E-state index contributed by atoms with van der Waals surface area (Å²) < 4.78 is 5.93. The molecule has 1 fully saturated rings. The molecule has 1 saturated carbocycles.